The predicted molar refractivity (Wildman–Crippen MR) is 195 cm³/mol. The minimum absolute atomic E-state index is 0.638. The van der Waals surface area contributed by atoms with Gasteiger partial charge >= 0.3 is 0 Å². The molecule has 6 heteroatoms. The van der Waals surface area contributed by atoms with Crippen LogP contribution in [0.5, 0.6) is 0 Å². The first-order valence-electron chi connectivity index (χ1n) is 16.1. The van der Waals surface area contributed by atoms with E-state index in [-0.39, 0.29) is 0 Å². The van der Waals surface area contributed by atoms with E-state index >= 15 is 0 Å². The molecule has 0 unspecified atom stereocenters. The van der Waals surface area contributed by atoms with E-state index in [2.05, 4.69) is 88.2 Å². The molecule has 0 N–H and O–H groups in total. The fourth-order valence-corrected chi connectivity index (χ4v) is 6.78. The van der Waals surface area contributed by atoms with Gasteiger partial charge in [0.15, 0.2) is 0 Å². The van der Waals surface area contributed by atoms with Crippen LogP contribution in [0.3, 0.4) is 0 Å². The van der Waals surface area contributed by atoms with Crippen LogP contribution < -0.4 is 0 Å². The summed E-state index contributed by atoms with van der Waals surface area (Å²) in [5.74, 6) is 0. The number of fused-ring (bicyclic) bond motifs is 3. The van der Waals surface area contributed by atoms with E-state index in [0.29, 0.717) is 5.69 Å². The number of para-hydroxylation sites is 1. The molecule has 4 aromatic heterocycles. The Morgan fingerprint density at radius 2 is 1.10 bits per heavy atom. The lowest BCUT2D eigenvalue weighted by atomic mass is 9.84. The number of hydrogen-bond donors (Lipinski definition) is 0. The Morgan fingerprint density at radius 3 is 1.82 bits per heavy atom. The number of aromatic nitrogens is 5. The lowest BCUT2D eigenvalue weighted by Gasteiger charge is -2.21. The maximum atomic E-state index is 6.46. The second kappa shape index (κ2) is 12.1. The van der Waals surface area contributed by atoms with Gasteiger partial charge in [-0.3, -0.25) is 9.97 Å². The molecule has 0 atom stereocenters. The zero-order valence-electron chi connectivity index (χ0n) is 26.2. The van der Waals surface area contributed by atoms with Crippen LogP contribution in [0.2, 0.25) is 0 Å². The zero-order valence-corrected chi connectivity index (χ0v) is 26.2. The molecule has 49 heavy (non-hydrogen) atoms. The summed E-state index contributed by atoms with van der Waals surface area (Å²) in [6.45, 7) is 0. The molecule has 0 aliphatic carbocycles. The summed E-state index contributed by atoms with van der Waals surface area (Å²) < 4.78 is 6.46. The second-order valence-electron chi connectivity index (χ2n) is 11.7. The van der Waals surface area contributed by atoms with Crippen molar-refractivity contribution in [2.24, 2.45) is 0 Å². The van der Waals surface area contributed by atoms with Crippen LogP contribution in [0.25, 0.3) is 89.1 Å². The highest BCUT2D eigenvalue weighted by atomic mass is 16.3. The molecule has 9 rings (SSSR count). The van der Waals surface area contributed by atoms with Crippen molar-refractivity contribution in [3.63, 3.8) is 0 Å². The van der Waals surface area contributed by atoms with Crippen molar-refractivity contribution in [2.45, 2.75) is 0 Å². The predicted octanol–water partition coefficient (Wildman–Crippen LogP) is 10.6. The Kier molecular flexibility index (Phi) is 7.02. The van der Waals surface area contributed by atoms with Gasteiger partial charge in [-0.2, -0.15) is 0 Å². The molecule has 0 aliphatic rings. The summed E-state index contributed by atoms with van der Waals surface area (Å²) in [7, 11) is 0. The molecule has 0 spiro atoms. The molecule has 0 bridgehead atoms. The summed E-state index contributed by atoms with van der Waals surface area (Å²) in [5.41, 5.74) is 12.5. The molecule has 0 saturated carbocycles. The van der Waals surface area contributed by atoms with E-state index in [1.807, 2.05) is 85.2 Å². The third-order valence-electron chi connectivity index (χ3n) is 8.92. The molecule has 0 fully saturated rings. The van der Waals surface area contributed by atoms with Gasteiger partial charge in [0.2, 0.25) is 0 Å². The van der Waals surface area contributed by atoms with Gasteiger partial charge < -0.3 is 4.42 Å². The molecule has 4 heterocycles. The van der Waals surface area contributed by atoms with E-state index in [4.69, 9.17) is 14.4 Å². The maximum Gasteiger partial charge on any atom is 0.136 e. The first-order valence-corrected chi connectivity index (χ1v) is 16.1. The minimum atomic E-state index is 0.638. The normalized spacial score (nSPS) is 11.3. The SMILES string of the molecule is c1ccc(-c2cccnc2-c2c(-c3ccccc3)cnc(-c3c(-c4ccccc4)ccc4oc5ccccc5c34)c2-c2ccnnn2)cc1. The molecule has 0 saturated heterocycles. The second-order valence-corrected chi connectivity index (χ2v) is 11.7. The van der Waals surface area contributed by atoms with Gasteiger partial charge in [0.25, 0.3) is 0 Å². The van der Waals surface area contributed by atoms with Crippen LogP contribution in [0.1, 0.15) is 0 Å². The van der Waals surface area contributed by atoms with Crippen molar-refractivity contribution in [2.75, 3.05) is 0 Å². The Labute approximate surface area is 282 Å². The molecule has 0 aliphatic heterocycles. The van der Waals surface area contributed by atoms with Gasteiger partial charge in [0, 0.05) is 51.0 Å². The number of nitrogens with zero attached hydrogens (tertiary/aromatic N) is 5. The van der Waals surface area contributed by atoms with Gasteiger partial charge in [0.1, 0.15) is 11.2 Å². The Bertz CT molecular complexity index is 2590. The molecule has 0 radical (unpaired) electrons. The van der Waals surface area contributed by atoms with Crippen LogP contribution in [-0.2, 0) is 0 Å². The van der Waals surface area contributed by atoms with Crippen molar-refractivity contribution in [1.82, 2.24) is 25.4 Å². The topological polar surface area (TPSA) is 77.6 Å². The molecule has 9 aromatic rings. The quantitative estimate of drug-likeness (QED) is 0.182. The first kappa shape index (κ1) is 28.4. The van der Waals surface area contributed by atoms with E-state index < -0.39 is 0 Å². The third kappa shape index (κ3) is 4.94. The maximum absolute atomic E-state index is 6.46. The van der Waals surface area contributed by atoms with Crippen LogP contribution in [0, 0.1) is 0 Å². The van der Waals surface area contributed by atoms with Crippen LogP contribution >= 0.6 is 0 Å². The molecule has 5 aromatic carbocycles. The van der Waals surface area contributed by atoms with Gasteiger partial charge in [0.05, 0.1) is 23.3 Å². The summed E-state index contributed by atoms with van der Waals surface area (Å²) >= 11 is 0. The number of benzene rings is 5. The van der Waals surface area contributed by atoms with E-state index in [1.165, 1.54) is 0 Å². The Balaban J connectivity index is 1.49. The van der Waals surface area contributed by atoms with Gasteiger partial charge in [-0.1, -0.05) is 115 Å². The third-order valence-corrected chi connectivity index (χ3v) is 8.92. The largest absolute Gasteiger partial charge is 0.456 e. The van der Waals surface area contributed by atoms with Crippen molar-refractivity contribution in [3.8, 4) is 67.2 Å². The fraction of sp³-hybridized carbons (Fsp3) is 0. The van der Waals surface area contributed by atoms with E-state index in [9.17, 15) is 0 Å². The number of furan rings is 1. The Hall–Kier alpha value is -6.79. The van der Waals surface area contributed by atoms with Gasteiger partial charge in [-0.05, 0) is 57.8 Å². The van der Waals surface area contributed by atoms with E-state index in [1.54, 1.807) is 6.20 Å². The Morgan fingerprint density at radius 1 is 0.429 bits per heavy atom. The first-order chi connectivity index (χ1) is 24.3. The molecule has 230 valence electrons. The number of pyridine rings is 2. The minimum Gasteiger partial charge on any atom is -0.456 e. The lowest BCUT2D eigenvalue weighted by Crippen LogP contribution is -2.03. The van der Waals surface area contributed by atoms with Crippen molar-refractivity contribution >= 4 is 21.9 Å². The van der Waals surface area contributed by atoms with Crippen LogP contribution in [0.15, 0.2) is 169 Å². The average Bonchev–Trinajstić information content (AvgIpc) is 3.57. The van der Waals surface area contributed by atoms with Crippen LogP contribution in [-0.4, -0.2) is 25.4 Å². The van der Waals surface area contributed by atoms with Gasteiger partial charge in [-0.15, -0.1) is 10.2 Å². The molecular weight excluding hydrogens is 603 g/mol. The number of rotatable bonds is 6. The average molecular weight is 630 g/mol. The molecule has 0 amide bonds. The summed E-state index contributed by atoms with van der Waals surface area (Å²) in [6, 6.07) is 49.4. The molecular formula is C43H27N5O. The number of hydrogen-bond acceptors (Lipinski definition) is 6. The fourth-order valence-electron chi connectivity index (χ4n) is 6.78. The zero-order chi connectivity index (χ0) is 32.6. The van der Waals surface area contributed by atoms with Crippen LogP contribution in [0.4, 0.5) is 0 Å². The van der Waals surface area contributed by atoms with Gasteiger partial charge in [-0.25, -0.2) is 0 Å². The standard InChI is InChI=1S/C43H27N5O/c1-4-13-28(14-5-1)31-22-23-37-38(33-19-10-11-21-36(33)49-37)39(31)43-41(35-24-26-46-48-47-35)40(34(27-45-43)30-17-8-3-9-18-30)42-32(20-12-25-44-42)29-15-6-2-7-16-29/h1-27H. The van der Waals surface area contributed by atoms with Crippen molar-refractivity contribution in [1.29, 1.82) is 0 Å². The highest BCUT2D eigenvalue weighted by Crippen LogP contribution is 2.50. The summed E-state index contributed by atoms with van der Waals surface area (Å²) in [4.78, 5) is 10.5. The summed E-state index contributed by atoms with van der Waals surface area (Å²) in [5, 5.41) is 14.8. The summed E-state index contributed by atoms with van der Waals surface area (Å²) in [6.07, 6.45) is 5.49. The smallest absolute Gasteiger partial charge is 0.136 e. The van der Waals surface area contributed by atoms with Crippen molar-refractivity contribution in [3.05, 3.63) is 164 Å². The highest BCUT2D eigenvalue weighted by Gasteiger charge is 2.28. The molecule has 6 nitrogen and oxygen atoms in total. The van der Waals surface area contributed by atoms with E-state index in [0.717, 1.165) is 83.4 Å². The highest BCUT2D eigenvalue weighted by molar-refractivity contribution is 6.18. The lowest BCUT2D eigenvalue weighted by molar-refractivity contribution is 0.669. The monoisotopic (exact) mass is 629 g/mol. The van der Waals surface area contributed by atoms with Crippen molar-refractivity contribution < 1.29 is 4.42 Å².